The number of phenolic OH excluding ortho intramolecular Hbond substituents is 1. The number of nitrogens with zero attached hydrogens (tertiary/aromatic N) is 3. The lowest BCUT2D eigenvalue weighted by molar-refractivity contribution is -0.0512. The molecular formula is C21H27F2IN4O3. The molecule has 0 unspecified atom stereocenters. The number of hydrogen-bond acceptors (Lipinski definition) is 5. The van der Waals surface area contributed by atoms with E-state index in [1.54, 1.807) is 31.3 Å². The monoisotopic (exact) mass is 548 g/mol. The number of anilines is 1. The maximum atomic E-state index is 12.6. The van der Waals surface area contributed by atoms with Gasteiger partial charge in [-0.05, 0) is 29.8 Å². The lowest BCUT2D eigenvalue weighted by Gasteiger charge is -2.37. The number of piperazine rings is 1. The summed E-state index contributed by atoms with van der Waals surface area (Å²) >= 11 is 0. The Morgan fingerprint density at radius 3 is 2.45 bits per heavy atom. The molecule has 170 valence electrons. The van der Waals surface area contributed by atoms with Gasteiger partial charge in [-0.2, -0.15) is 8.78 Å². The highest BCUT2D eigenvalue weighted by Crippen LogP contribution is 2.30. The van der Waals surface area contributed by atoms with Crippen LogP contribution in [0.3, 0.4) is 0 Å². The standard InChI is InChI=1S/C21H26F2N4O3.HI/c1-24-21(25-14-15-7-8-18(29-2)19(13-15)30-20(22)23)27-11-9-26(10-12-27)16-5-3-4-6-17(16)28;/h3-8,13,20,28H,9-12,14H2,1-2H3,(H,24,25);1H. The van der Waals surface area contributed by atoms with Crippen LogP contribution < -0.4 is 19.7 Å². The van der Waals surface area contributed by atoms with Crippen molar-refractivity contribution in [3.63, 3.8) is 0 Å². The van der Waals surface area contributed by atoms with Crippen LogP contribution in [0.4, 0.5) is 14.5 Å². The molecule has 0 saturated carbocycles. The van der Waals surface area contributed by atoms with Crippen LogP contribution in [0, 0.1) is 0 Å². The molecule has 0 amide bonds. The summed E-state index contributed by atoms with van der Waals surface area (Å²) in [6.45, 7) is 0.429. The summed E-state index contributed by atoms with van der Waals surface area (Å²) in [7, 11) is 3.11. The molecule has 0 atom stereocenters. The number of hydrogen-bond donors (Lipinski definition) is 2. The average Bonchev–Trinajstić information content (AvgIpc) is 2.75. The first kappa shape index (κ1) is 24.8. The number of phenols is 1. The van der Waals surface area contributed by atoms with E-state index in [-0.39, 0.29) is 41.2 Å². The molecule has 7 nitrogen and oxygen atoms in total. The van der Waals surface area contributed by atoms with E-state index < -0.39 is 6.61 Å². The quantitative estimate of drug-likeness (QED) is 0.327. The number of ether oxygens (including phenoxy) is 2. The van der Waals surface area contributed by atoms with E-state index in [4.69, 9.17) is 4.74 Å². The highest BCUT2D eigenvalue weighted by Gasteiger charge is 2.21. The summed E-state index contributed by atoms with van der Waals surface area (Å²) < 4.78 is 34.8. The number of nitrogens with one attached hydrogen (secondary N) is 1. The van der Waals surface area contributed by atoms with Crippen molar-refractivity contribution in [2.75, 3.05) is 45.2 Å². The molecule has 2 aromatic rings. The van der Waals surface area contributed by atoms with Crippen molar-refractivity contribution < 1.29 is 23.4 Å². The fourth-order valence-corrected chi connectivity index (χ4v) is 3.42. The Balaban J connectivity index is 0.00000341. The van der Waals surface area contributed by atoms with Crippen LogP contribution in [0.2, 0.25) is 0 Å². The van der Waals surface area contributed by atoms with E-state index in [1.807, 2.05) is 12.1 Å². The Bertz CT molecular complexity index is 877. The smallest absolute Gasteiger partial charge is 0.387 e. The number of guanidine groups is 1. The van der Waals surface area contributed by atoms with Gasteiger partial charge in [-0.1, -0.05) is 18.2 Å². The molecule has 2 aromatic carbocycles. The molecule has 0 spiro atoms. The van der Waals surface area contributed by atoms with Crippen LogP contribution in [0.15, 0.2) is 47.5 Å². The van der Waals surface area contributed by atoms with E-state index in [2.05, 4.69) is 24.8 Å². The number of aliphatic imine (C=N–C) groups is 1. The van der Waals surface area contributed by atoms with Crippen LogP contribution in [-0.2, 0) is 6.54 Å². The van der Waals surface area contributed by atoms with Crippen LogP contribution in [-0.4, -0.2) is 62.9 Å². The molecule has 0 bridgehead atoms. The van der Waals surface area contributed by atoms with Crippen molar-refractivity contribution in [3.05, 3.63) is 48.0 Å². The number of aromatic hydroxyl groups is 1. The highest BCUT2D eigenvalue weighted by atomic mass is 127. The number of para-hydroxylation sites is 2. The summed E-state index contributed by atoms with van der Waals surface area (Å²) in [5, 5.41) is 13.3. The van der Waals surface area contributed by atoms with Gasteiger partial charge in [-0.3, -0.25) is 4.99 Å². The van der Waals surface area contributed by atoms with Crippen LogP contribution in [0.25, 0.3) is 0 Å². The van der Waals surface area contributed by atoms with Gasteiger partial charge in [0.1, 0.15) is 5.75 Å². The highest BCUT2D eigenvalue weighted by molar-refractivity contribution is 14.0. The second kappa shape index (κ2) is 11.8. The van der Waals surface area contributed by atoms with Gasteiger partial charge in [-0.15, -0.1) is 24.0 Å². The van der Waals surface area contributed by atoms with Crippen LogP contribution in [0.5, 0.6) is 17.2 Å². The van der Waals surface area contributed by atoms with Gasteiger partial charge >= 0.3 is 6.61 Å². The Morgan fingerprint density at radius 1 is 1.13 bits per heavy atom. The molecule has 0 radical (unpaired) electrons. The van der Waals surface area contributed by atoms with Crippen molar-refractivity contribution in [1.82, 2.24) is 10.2 Å². The van der Waals surface area contributed by atoms with Gasteiger partial charge in [0.25, 0.3) is 0 Å². The minimum Gasteiger partial charge on any atom is -0.506 e. The Kier molecular flexibility index (Phi) is 9.41. The molecular weight excluding hydrogens is 521 g/mol. The molecule has 1 heterocycles. The van der Waals surface area contributed by atoms with Crippen LogP contribution >= 0.6 is 24.0 Å². The van der Waals surface area contributed by atoms with Gasteiger partial charge < -0.3 is 29.7 Å². The minimum atomic E-state index is -2.92. The molecule has 1 aliphatic heterocycles. The van der Waals surface area contributed by atoms with Crippen molar-refractivity contribution in [2.24, 2.45) is 4.99 Å². The molecule has 31 heavy (non-hydrogen) atoms. The lowest BCUT2D eigenvalue weighted by atomic mass is 10.2. The Hall–Kier alpha value is -2.50. The molecule has 3 rings (SSSR count). The Morgan fingerprint density at radius 2 is 1.84 bits per heavy atom. The molecule has 1 aliphatic rings. The molecule has 0 aliphatic carbocycles. The summed E-state index contributed by atoms with van der Waals surface area (Å²) in [5.74, 6) is 1.25. The summed E-state index contributed by atoms with van der Waals surface area (Å²) in [5.41, 5.74) is 1.59. The molecule has 1 saturated heterocycles. The second-order valence-corrected chi connectivity index (χ2v) is 6.73. The maximum absolute atomic E-state index is 12.6. The van der Waals surface area contributed by atoms with E-state index >= 15 is 0 Å². The number of benzene rings is 2. The summed E-state index contributed by atoms with van der Waals surface area (Å²) in [6, 6.07) is 12.2. The zero-order chi connectivity index (χ0) is 21.5. The molecule has 1 fully saturated rings. The first-order valence-electron chi connectivity index (χ1n) is 9.62. The maximum Gasteiger partial charge on any atom is 0.387 e. The second-order valence-electron chi connectivity index (χ2n) is 6.73. The minimum absolute atomic E-state index is 0. The van der Waals surface area contributed by atoms with Crippen LogP contribution in [0.1, 0.15) is 5.56 Å². The van der Waals surface area contributed by atoms with Gasteiger partial charge in [-0.25, -0.2) is 0 Å². The third-order valence-corrected chi connectivity index (χ3v) is 4.91. The van der Waals surface area contributed by atoms with E-state index in [0.717, 1.165) is 43.4 Å². The van der Waals surface area contributed by atoms with E-state index in [0.29, 0.717) is 6.54 Å². The Labute approximate surface area is 197 Å². The van der Waals surface area contributed by atoms with Crippen molar-refractivity contribution in [2.45, 2.75) is 13.2 Å². The van der Waals surface area contributed by atoms with Crippen molar-refractivity contribution in [3.8, 4) is 17.2 Å². The predicted octanol–water partition coefficient (Wildman–Crippen LogP) is 3.52. The van der Waals surface area contributed by atoms with E-state index in [9.17, 15) is 13.9 Å². The van der Waals surface area contributed by atoms with E-state index in [1.165, 1.54) is 13.2 Å². The summed E-state index contributed by atoms with van der Waals surface area (Å²) in [6.07, 6.45) is 0. The normalized spacial score (nSPS) is 14.3. The summed E-state index contributed by atoms with van der Waals surface area (Å²) in [4.78, 5) is 8.59. The van der Waals surface area contributed by atoms with Gasteiger partial charge in [0.2, 0.25) is 0 Å². The molecule has 10 heteroatoms. The largest absolute Gasteiger partial charge is 0.506 e. The zero-order valence-electron chi connectivity index (χ0n) is 17.4. The zero-order valence-corrected chi connectivity index (χ0v) is 19.8. The fourth-order valence-electron chi connectivity index (χ4n) is 3.42. The molecule has 2 N–H and O–H groups in total. The fraction of sp³-hybridized carbons (Fsp3) is 0.381. The van der Waals surface area contributed by atoms with Gasteiger partial charge in [0.05, 0.1) is 12.8 Å². The number of rotatable bonds is 6. The first-order chi connectivity index (χ1) is 14.5. The van der Waals surface area contributed by atoms with Gasteiger partial charge in [0, 0.05) is 39.8 Å². The first-order valence-corrected chi connectivity index (χ1v) is 9.62. The topological polar surface area (TPSA) is 69.6 Å². The number of alkyl halides is 2. The third-order valence-electron chi connectivity index (χ3n) is 4.91. The van der Waals surface area contributed by atoms with Crippen molar-refractivity contribution >= 4 is 35.6 Å². The average molecular weight is 548 g/mol. The third kappa shape index (κ3) is 6.49. The molecule has 0 aromatic heterocycles. The number of methoxy groups -OCH3 is 1. The lowest BCUT2D eigenvalue weighted by Crippen LogP contribution is -2.52. The number of halogens is 3. The van der Waals surface area contributed by atoms with Gasteiger partial charge in [0.15, 0.2) is 17.5 Å². The predicted molar refractivity (Wildman–Crippen MR) is 127 cm³/mol. The SMILES string of the molecule is CN=C(NCc1ccc(OC)c(OC(F)F)c1)N1CCN(c2ccccc2O)CC1.I. The van der Waals surface area contributed by atoms with Crippen molar-refractivity contribution in [1.29, 1.82) is 0 Å².